The van der Waals surface area contributed by atoms with E-state index in [2.05, 4.69) is 173 Å². The Morgan fingerprint density at radius 3 is 2.08 bits per heavy atom. The Hall–Kier alpha value is -6.52. The van der Waals surface area contributed by atoms with Gasteiger partial charge in [-0.3, -0.25) is 0 Å². The molecule has 3 heterocycles. The zero-order valence-corrected chi connectivity index (χ0v) is 26.0. The number of benzene rings is 7. The Balaban J connectivity index is 1.22. The smallest absolute Gasteiger partial charge is 0.160 e. The van der Waals surface area contributed by atoms with Gasteiger partial charge in [0, 0.05) is 50.2 Å². The van der Waals surface area contributed by atoms with Gasteiger partial charge in [0.2, 0.25) is 0 Å². The van der Waals surface area contributed by atoms with E-state index in [-0.39, 0.29) is 0 Å². The average molecular weight is 613 g/mol. The number of fused-ring (bicyclic) bond motifs is 7. The summed E-state index contributed by atoms with van der Waals surface area (Å²) in [6.45, 7) is 0. The second-order valence-corrected chi connectivity index (χ2v) is 12.3. The van der Waals surface area contributed by atoms with Gasteiger partial charge in [-0.2, -0.15) is 0 Å². The summed E-state index contributed by atoms with van der Waals surface area (Å²) < 4.78 is 4.71. The zero-order chi connectivity index (χ0) is 31.6. The first-order valence-corrected chi connectivity index (χ1v) is 16.3. The lowest BCUT2D eigenvalue weighted by Gasteiger charge is -2.14. The van der Waals surface area contributed by atoms with Crippen LogP contribution >= 0.6 is 0 Å². The highest BCUT2D eigenvalue weighted by molar-refractivity contribution is 6.18. The maximum atomic E-state index is 5.27. The molecule has 0 saturated heterocycles. The van der Waals surface area contributed by atoms with E-state index < -0.39 is 0 Å². The van der Waals surface area contributed by atoms with Crippen LogP contribution in [0.4, 0.5) is 0 Å². The molecule has 7 aromatic carbocycles. The quantitative estimate of drug-likeness (QED) is 0.198. The van der Waals surface area contributed by atoms with Crippen LogP contribution in [-0.4, -0.2) is 19.1 Å². The van der Waals surface area contributed by atoms with Crippen LogP contribution in [0.1, 0.15) is 0 Å². The van der Waals surface area contributed by atoms with Crippen molar-refractivity contribution in [2.24, 2.45) is 0 Å². The van der Waals surface area contributed by atoms with Crippen LogP contribution in [0.15, 0.2) is 170 Å². The van der Waals surface area contributed by atoms with Crippen molar-refractivity contribution in [3.63, 3.8) is 0 Å². The fourth-order valence-electron chi connectivity index (χ4n) is 7.29. The summed E-state index contributed by atoms with van der Waals surface area (Å²) in [7, 11) is 0. The van der Waals surface area contributed by atoms with E-state index in [1.54, 1.807) is 0 Å². The van der Waals surface area contributed by atoms with Gasteiger partial charge in [-0.15, -0.1) is 0 Å². The first kappa shape index (κ1) is 26.7. The number of hydrogen-bond donors (Lipinski definition) is 0. The molecule has 0 spiro atoms. The SMILES string of the molecule is c1ccc(-n2ccc3ccc4c5ccccc5n(-c5cccc(-c6nc(-c7ccc8ccccc8c7)c7ccccc7n6)c5)c4c32)cc1. The van der Waals surface area contributed by atoms with Crippen LogP contribution in [0.3, 0.4) is 0 Å². The molecular formula is C44H28N4. The summed E-state index contributed by atoms with van der Waals surface area (Å²) in [5, 5.41) is 7.09. The fourth-order valence-corrected chi connectivity index (χ4v) is 7.29. The second kappa shape index (κ2) is 10.5. The van der Waals surface area contributed by atoms with E-state index >= 15 is 0 Å². The Labute approximate surface area is 276 Å². The minimum absolute atomic E-state index is 0.706. The molecule has 0 N–H and O–H groups in total. The zero-order valence-electron chi connectivity index (χ0n) is 26.0. The van der Waals surface area contributed by atoms with Gasteiger partial charge >= 0.3 is 0 Å². The predicted octanol–water partition coefficient (Wildman–Crippen LogP) is 11.2. The molecule has 0 fully saturated rings. The third-order valence-corrected chi connectivity index (χ3v) is 9.51. The van der Waals surface area contributed by atoms with Gasteiger partial charge in [0.15, 0.2) is 5.82 Å². The summed E-state index contributed by atoms with van der Waals surface area (Å²) in [6.07, 6.45) is 2.18. The van der Waals surface area contributed by atoms with Gasteiger partial charge in [0.25, 0.3) is 0 Å². The topological polar surface area (TPSA) is 35.6 Å². The van der Waals surface area contributed by atoms with Crippen LogP contribution in [0.25, 0.3) is 88.4 Å². The van der Waals surface area contributed by atoms with E-state index in [4.69, 9.17) is 9.97 Å². The number of rotatable bonds is 4. The van der Waals surface area contributed by atoms with Crippen molar-refractivity contribution in [1.82, 2.24) is 19.1 Å². The first-order valence-electron chi connectivity index (χ1n) is 16.3. The Bertz CT molecular complexity index is 2840. The van der Waals surface area contributed by atoms with Gasteiger partial charge in [0.1, 0.15) is 0 Å². The third kappa shape index (κ3) is 4.10. The lowest BCUT2D eigenvalue weighted by molar-refractivity contribution is 1.11. The minimum Gasteiger partial charge on any atom is -0.315 e. The van der Waals surface area contributed by atoms with Crippen LogP contribution in [0, 0.1) is 0 Å². The molecule has 48 heavy (non-hydrogen) atoms. The summed E-state index contributed by atoms with van der Waals surface area (Å²) in [6, 6.07) is 58.0. The van der Waals surface area contributed by atoms with Gasteiger partial charge in [-0.05, 0) is 59.3 Å². The van der Waals surface area contributed by atoms with Gasteiger partial charge in [0.05, 0.1) is 27.8 Å². The van der Waals surface area contributed by atoms with E-state index in [1.165, 1.54) is 38.0 Å². The average Bonchev–Trinajstić information content (AvgIpc) is 3.74. The summed E-state index contributed by atoms with van der Waals surface area (Å²) >= 11 is 0. The van der Waals surface area contributed by atoms with Gasteiger partial charge in [-0.25, -0.2) is 9.97 Å². The highest BCUT2D eigenvalue weighted by Gasteiger charge is 2.19. The second-order valence-electron chi connectivity index (χ2n) is 12.3. The molecule has 4 heteroatoms. The van der Waals surface area contributed by atoms with Crippen molar-refractivity contribution in [2.75, 3.05) is 0 Å². The molecule has 0 atom stereocenters. The maximum Gasteiger partial charge on any atom is 0.160 e. The van der Waals surface area contributed by atoms with Crippen LogP contribution in [0.5, 0.6) is 0 Å². The van der Waals surface area contributed by atoms with Crippen LogP contribution < -0.4 is 0 Å². The highest BCUT2D eigenvalue weighted by atomic mass is 15.0. The number of nitrogens with zero attached hydrogens (tertiary/aromatic N) is 4. The van der Waals surface area contributed by atoms with Crippen molar-refractivity contribution in [3.05, 3.63) is 170 Å². The van der Waals surface area contributed by atoms with Crippen molar-refractivity contribution >= 4 is 54.4 Å². The van der Waals surface area contributed by atoms with Crippen LogP contribution in [0.2, 0.25) is 0 Å². The first-order chi connectivity index (χ1) is 23.8. The molecule has 10 aromatic rings. The molecule has 0 bridgehead atoms. The number of hydrogen-bond acceptors (Lipinski definition) is 2. The molecule has 10 rings (SSSR count). The predicted molar refractivity (Wildman–Crippen MR) is 199 cm³/mol. The fraction of sp³-hybridized carbons (Fsp3) is 0. The molecule has 0 aliphatic carbocycles. The lowest BCUT2D eigenvalue weighted by Crippen LogP contribution is -1.99. The molecule has 224 valence electrons. The summed E-state index contributed by atoms with van der Waals surface area (Å²) in [4.78, 5) is 10.4. The lowest BCUT2D eigenvalue weighted by atomic mass is 10.0. The highest BCUT2D eigenvalue weighted by Crippen LogP contribution is 2.39. The molecule has 4 nitrogen and oxygen atoms in total. The van der Waals surface area contributed by atoms with Crippen molar-refractivity contribution in [3.8, 4) is 34.0 Å². The molecule has 0 unspecified atom stereocenters. The van der Waals surface area contributed by atoms with E-state index in [0.29, 0.717) is 5.82 Å². The molecule has 3 aromatic heterocycles. The molecular weight excluding hydrogens is 585 g/mol. The third-order valence-electron chi connectivity index (χ3n) is 9.51. The standard InChI is InChI=1S/C44H28N4/c1-2-14-34(15-3-1)47-26-25-30-23-24-37-36-17-7-9-20-40(36)48(43(37)42(30)47)35-16-10-13-33(28-35)44-45-39-19-8-6-18-38(39)41(46-44)32-22-21-29-11-4-5-12-31(29)27-32/h1-28H. The Kier molecular flexibility index (Phi) is 5.84. The van der Waals surface area contributed by atoms with Crippen molar-refractivity contribution < 1.29 is 0 Å². The number of aromatic nitrogens is 4. The normalized spacial score (nSPS) is 11.8. The molecule has 0 saturated carbocycles. The minimum atomic E-state index is 0.706. The molecule has 0 radical (unpaired) electrons. The van der Waals surface area contributed by atoms with Gasteiger partial charge < -0.3 is 9.13 Å². The monoisotopic (exact) mass is 612 g/mol. The van der Waals surface area contributed by atoms with E-state index in [0.717, 1.165) is 44.6 Å². The Morgan fingerprint density at radius 1 is 0.417 bits per heavy atom. The van der Waals surface area contributed by atoms with Crippen molar-refractivity contribution in [2.45, 2.75) is 0 Å². The van der Waals surface area contributed by atoms with E-state index in [1.807, 2.05) is 6.07 Å². The maximum absolute atomic E-state index is 5.27. The number of para-hydroxylation sites is 3. The largest absolute Gasteiger partial charge is 0.315 e. The molecule has 0 amide bonds. The summed E-state index contributed by atoms with van der Waals surface area (Å²) in [5.41, 5.74) is 9.63. The van der Waals surface area contributed by atoms with Gasteiger partial charge in [-0.1, -0.05) is 115 Å². The van der Waals surface area contributed by atoms with Crippen LogP contribution in [-0.2, 0) is 0 Å². The van der Waals surface area contributed by atoms with E-state index in [9.17, 15) is 0 Å². The molecule has 0 aliphatic heterocycles. The Morgan fingerprint density at radius 2 is 1.17 bits per heavy atom. The van der Waals surface area contributed by atoms with Crippen molar-refractivity contribution in [1.29, 1.82) is 0 Å². The summed E-state index contributed by atoms with van der Waals surface area (Å²) in [5.74, 6) is 0.706. The molecule has 0 aliphatic rings.